The van der Waals surface area contributed by atoms with Gasteiger partial charge in [0.1, 0.15) is 4.88 Å². The van der Waals surface area contributed by atoms with Crippen LogP contribution in [0.3, 0.4) is 0 Å². The number of hydrogen-bond donors (Lipinski definition) is 0. The predicted octanol–water partition coefficient (Wildman–Crippen LogP) is 2.81. The molecule has 0 aliphatic heterocycles. The summed E-state index contributed by atoms with van der Waals surface area (Å²) >= 11 is 1.10. The fraction of sp³-hybridized carbons (Fsp3) is 0.286. The van der Waals surface area contributed by atoms with E-state index in [2.05, 4.69) is 15.7 Å². The molecule has 0 unspecified atom stereocenters. The largest absolute Gasteiger partial charge is 0.311 e. The molecule has 20 heavy (non-hydrogen) atoms. The first-order valence-corrected chi connectivity index (χ1v) is 6.92. The van der Waals surface area contributed by atoms with Crippen molar-refractivity contribution in [3.8, 4) is 6.07 Å². The van der Waals surface area contributed by atoms with Crippen LogP contribution in [0, 0.1) is 11.3 Å². The minimum absolute atomic E-state index is 0.145. The first kappa shape index (κ1) is 14.2. The molecule has 2 aromatic rings. The monoisotopic (exact) mass is 286 g/mol. The summed E-state index contributed by atoms with van der Waals surface area (Å²) in [5, 5.41) is 12.9. The zero-order valence-corrected chi connectivity index (χ0v) is 12.3. The van der Waals surface area contributed by atoms with Gasteiger partial charge >= 0.3 is 0 Å². The van der Waals surface area contributed by atoms with E-state index in [1.54, 1.807) is 31.3 Å². The van der Waals surface area contributed by atoms with Crippen LogP contribution >= 0.6 is 11.5 Å². The van der Waals surface area contributed by atoms with E-state index < -0.39 is 0 Å². The summed E-state index contributed by atoms with van der Waals surface area (Å²) in [5.74, 6) is -0.00895. The number of amides is 1. The van der Waals surface area contributed by atoms with Crippen molar-refractivity contribution in [3.05, 3.63) is 40.4 Å². The Morgan fingerprint density at radius 3 is 2.85 bits per heavy atom. The maximum Gasteiger partial charge on any atom is 0.271 e. The molecule has 0 spiro atoms. The van der Waals surface area contributed by atoms with E-state index in [4.69, 9.17) is 5.26 Å². The van der Waals surface area contributed by atoms with E-state index in [1.807, 2.05) is 13.8 Å². The van der Waals surface area contributed by atoms with E-state index in [0.29, 0.717) is 21.8 Å². The van der Waals surface area contributed by atoms with Crippen molar-refractivity contribution in [2.45, 2.75) is 19.8 Å². The summed E-state index contributed by atoms with van der Waals surface area (Å²) in [6.07, 6.45) is 0. The molecule has 0 radical (unpaired) electrons. The quantitative estimate of drug-likeness (QED) is 0.870. The van der Waals surface area contributed by atoms with Gasteiger partial charge in [0.15, 0.2) is 0 Å². The molecule has 1 amide bonds. The van der Waals surface area contributed by atoms with Crippen LogP contribution in [0.15, 0.2) is 24.3 Å². The molecule has 1 aromatic heterocycles. The van der Waals surface area contributed by atoms with Gasteiger partial charge in [-0.3, -0.25) is 4.79 Å². The molecule has 0 N–H and O–H groups in total. The average molecular weight is 286 g/mol. The minimum Gasteiger partial charge on any atom is -0.311 e. The number of benzene rings is 1. The van der Waals surface area contributed by atoms with Crippen LogP contribution in [0.1, 0.15) is 40.7 Å². The lowest BCUT2D eigenvalue weighted by atomic mass is 10.1. The Morgan fingerprint density at radius 2 is 2.20 bits per heavy atom. The van der Waals surface area contributed by atoms with Crippen LogP contribution in [0.25, 0.3) is 0 Å². The van der Waals surface area contributed by atoms with Crippen molar-refractivity contribution in [1.29, 1.82) is 5.26 Å². The summed E-state index contributed by atoms with van der Waals surface area (Å²) in [5.41, 5.74) is 1.91. The number of nitrogens with zero attached hydrogens (tertiary/aromatic N) is 4. The summed E-state index contributed by atoms with van der Waals surface area (Å²) in [6, 6.07) is 9.00. The molecule has 0 aliphatic rings. The van der Waals surface area contributed by atoms with E-state index in [0.717, 1.165) is 11.5 Å². The number of carbonyl (C=O) groups is 1. The molecular weight excluding hydrogens is 272 g/mol. The lowest BCUT2D eigenvalue weighted by Crippen LogP contribution is -2.26. The third-order valence-corrected chi connectivity index (χ3v) is 3.65. The van der Waals surface area contributed by atoms with Gasteiger partial charge in [0.2, 0.25) is 0 Å². The molecule has 0 fully saturated rings. The smallest absolute Gasteiger partial charge is 0.271 e. The lowest BCUT2D eigenvalue weighted by molar-refractivity contribution is 0.0995. The molecule has 0 aliphatic carbocycles. The number of carbonyl (C=O) groups excluding carboxylic acids is 1. The molecule has 6 heteroatoms. The second-order valence-corrected chi connectivity index (χ2v) is 5.42. The second kappa shape index (κ2) is 5.80. The third-order valence-electron chi connectivity index (χ3n) is 2.92. The molecule has 0 saturated carbocycles. The average Bonchev–Trinajstić information content (AvgIpc) is 2.95. The van der Waals surface area contributed by atoms with E-state index in [1.165, 1.54) is 4.90 Å². The number of aromatic nitrogens is 2. The van der Waals surface area contributed by atoms with Crippen LogP contribution in [0.4, 0.5) is 5.69 Å². The first-order valence-electron chi connectivity index (χ1n) is 6.15. The maximum absolute atomic E-state index is 12.5. The van der Waals surface area contributed by atoms with Gasteiger partial charge in [0.05, 0.1) is 17.3 Å². The molecule has 0 saturated heterocycles. The van der Waals surface area contributed by atoms with Crippen LogP contribution < -0.4 is 4.90 Å². The van der Waals surface area contributed by atoms with Gasteiger partial charge < -0.3 is 4.90 Å². The van der Waals surface area contributed by atoms with Crippen LogP contribution in [0.5, 0.6) is 0 Å². The van der Waals surface area contributed by atoms with Crippen LogP contribution in [-0.2, 0) is 0 Å². The van der Waals surface area contributed by atoms with Gasteiger partial charge in [0, 0.05) is 12.7 Å². The number of rotatable bonds is 3. The molecule has 0 bridgehead atoms. The van der Waals surface area contributed by atoms with Gasteiger partial charge in [-0.05, 0) is 35.6 Å². The molecular formula is C14H14N4OS. The molecule has 1 aromatic carbocycles. The highest BCUT2D eigenvalue weighted by Crippen LogP contribution is 2.24. The van der Waals surface area contributed by atoms with Crippen LogP contribution in [0.2, 0.25) is 0 Å². The SMILES string of the molecule is CC(C)c1nnsc1C(=O)N(C)c1cccc(C#N)c1. The topological polar surface area (TPSA) is 69.9 Å². The fourth-order valence-electron chi connectivity index (χ4n) is 1.78. The standard InChI is InChI=1S/C14H14N4OS/c1-9(2)12-13(20-17-16-12)14(19)18(3)11-6-4-5-10(7-11)8-15/h4-7,9H,1-3H3. The highest BCUT2D eigenvalue weighted by atomic mass is 32.1. The Labute approximate surface area is 121 Å². The second-order valence-electron chi connectivity index (χ2n) is 4.67. The molecule has 0 atom stereocenters. The minimum atomic E-state index is -0.154. The van der Waals surface area contributed by atoms with Crippen molar-refractivity contribution in [1.82, 2.24) is 9.59 Å². The third kappa shape index (κ3) is 2.68. The van der Waals surface area contributed by atoms with Gasteiger partial charge in [-0.1, -0.05) is 24.4 Å². The highest BCUT2D eigenvalue weighted by molar-refractivity contribution is 7.08. The van der Waals surface area contributed by atoms with Crippen molar-refractivity contribution in [2.75, 3.05) is 11.9 Å². The normalized spacial score (nSPS) is 10.3. The fourth-order valence-corrected chi connectivity index (χ4v) is 2.57. The maximum atomic E-state index is 12.5. The van der Waals surface area contributed by atoms with E-state index in [9.17, 15) is 4.79 Å². The zero-order valence-electron chi connectivity index (χ0n) is 11.5. The molecule has 1 heterocycles. The zero-order chi connectivity index (χ0) is 14.7. The van der Waals surface area contributed by atoms with Crippen molar-refractivity contribution in [3.63, 3.8) is 0 Å². The highest BCUT2D eigenvalue weighted by Gasteiger charge is 2.22. The van der Waals surface area contributed by atoms with E-state index in [-0.39, 0.29) is 11.8 Å². The number of anilines is 1. The van der Waals surface area contributed by atoms with Crippen molar-refractivity contribution >= 4 is 23.1 Å². The summed E-state index contributed by atoms with van der Waals surface area (Å²) in [4.78, 5) is 14.6. The van der Waals surface area contributed by atoms with Gasteiger partial charge in [-0.25, -0.2) is 0 Å². The Morgan fingerprint density at radius 1 is 1.45 bits per heavy atom. The first-order chi connectivity index (χ1) is 9.54. The number of hydrogen-bond acceptors (Lipinski definition) is 5. The lowest BCUT2D eigenvalue weighted by Gasteiger charge is -2.17. The Kier molecular flexibility index (Phi) is 4.11. The molecule has 5 nitrogen and oxygen atoms in total. The van der Waals surface area contributed by atoms with E-state index >= 15 is 0 Å². The number of nitriles is 1. The van der Waals surface area contributed by atoms with Gasteiger partial charge in [-0.15, -0.1) is 5.10 Å². The molecule has 2 rings (SSSR count). The van der Waals surface area contributed by atoms with Crippen LogP contribution in [-0.4, -0.2) is 22.5 Å². The summed E-state index contributed by atoms with van der Waals surface area (Å²) < 4.78 is 3.87. The Balaban J connectivity index is 2.33. The van der Waals surface area contributed by atoms with Gasteiger partial charge in [0.25, 0.3) is 5.91 Å². The molecule has 102 valence electrons. The predicted molar refractivity (Wildman–Crippen MR) is 77.9 cm³/mol. The Hall–Kier alpha value is -2.26. The Bertz CT molecular complexity index is 672. The van der Waals surface area contributed by atoms with Crippen molar-refractivity contribution < 1.29 is 4.79 Å². The summed E-state index contributed by atoms with van der Waals surface area (Å²) in [7, 11) is 1.68. The summed E-state index contributed by atoms with van der Waals surface area (Å²) in [6.45, 7) is 3.95. The van der Waals surface area contributed by atoms with Crippen molar-refractivity contribution in [2.24, 2.45) is 0 Å². The van der Waals surface area contributed by atoms with Gasteiger partial charge in [-0.2, -0.15) is 5.26 Å².